The van der Waals surface area contributed by atoms with Crippen molar-refractivity contribution in [3.05, 3.63) is 35.9 Å². The van der Waals surface area contributed by atoms with Gasteiger partial charge >= 0.3 is 0 Å². The average molecular weight is 215 g/mol. The van der Waals surface area contributed by atoms with Crippen LogP contribution in [0.25, 0.3) is 0 Å². The molecule has 0 aliphatic heterocycles. The van der Waals surface area contributed by atoms with Gasteiger partial charge in [0.15, 0.2) is 0 Å². The summed E-state index contributed by atoms with van der Waals surface area (Å²) in [6, 6.07) is 9.82. The van der Waals surface area contributed by atoms with Crippen molar-refractivity contribution in [3.63, 3.8) is 0 Å². The van der Waals surface area contributed by atoms with Gasteiger partial charge in [-0.25, -0.2) is 0 Å². The predicted octanol–water partition coefficient (Wildman–Crippen LogP) is 2.27. The summed E-state index contributed by atoms with van der Waals surface area (Å²) in [5, 5.41) is 0. The fourth-order valence-electron chi connectivity index (χ4n) is 1.72. The zero-order valence-corrected chi connectivity index (χ0v) is 9.81. The molecule has 1 aromatic rings. The minimum Gasteiger partial charge on any atom is -0.334 e. The maximum Gasteiger partial charge on any atom is 0.230 e. The maximum atomic E-state index is 12.1. The number of benzene rings is 1. The molecule has 0 fully saturated rings. The molecule has 0 saturated heterocycles. The van der Waals surface area contributed by atoms with Crippen LogP contribution in [0.15, 0.2) is 30.3 Å². The number of carbonyl (C=O) groups is 1. The summed E-state index contributed by atoms with van der Waals surface area (Å²) in [6.07, 6.45) is 5.99. The standard InChI is InChI=1S/C14H17NO/c1-4-11-15(3)14(16)13(5-2)12-9-7-6-8-10-12/h1,6-10,13H,5,11H2,2-3H3. The molecule has 16 heavy (non-hydrogen) atoms. The Morgan fingerprint density at radius 1 is 1.44 bits per heavy atom. The molecule has 0 aliphatic rings. The van der Waals surface area contributed by atoms with E-state index in [4.69, 9.17) is 6.42 Å². The molecule has 1 amide bonds. The smallest absolute Gasteiger partial charge is 0.230 e. The monoisotopic (exact) mass is 215 g/mol. The van der Waals surface area contributed by atoms with Gasteiger partial charge in [-0.05, 0) is 12.0 Å². The van der Waals surface area contributed by atoms with Gasteiger partial charge in [0.1, 0.15) is 0 Å². The van der Waals surface area contributed by atoms with Crippen molar-refractivity contribution >= 4 is 5.91 Å². The Labute approximate surface area is 97.3 Å². The largest absolute Gasteiger partial charge is 0.334 e. The van der Waals surface area contributed by atoms with E-state index in [9.17, 15) is 4.79 Å². The number of hydrogen-bond donors (Lipinski definition) is 0. The fourth-order valence-corrected chi connectivity index (χ4v) is 1.72. The Morgan fingerprint density at radius 2 is 2.06 bits per heavy atom. The summed E-state index contributed by atoms with van der Waals surface area (Å²) < 4.78 is 0. The van der Waals surface area contributed by atoms with Gasteiger partial charge < -0.3 is 4.90 Å². The molecule has 0 N–H and O–H groups in total. The lowest BCUT2D eigenvalue weighted by Crippen LogP contribution is -2.31. The van der Waals surface area contributed by atoms with Crippen LogP contribution in [-0.2, 0) is 4.79 Å². The number of terminal acetylenes is 1. The van der Waals surface area contributed by atoms with E-state index in [0.717, 1.165) is 12.0 Å². The molecular weight excluding hydrogens is 198 g/mol. The first-order chi connectivity index (χ1) is 7.70. The number of amides is 1. The molecule has 2 nitrogen and oxygen atoms in total. The Bertz CT molecular complexity index is 377. The third-order valence-electron chi connectivity index (χ3n) is 2.61. The normalized spacial score (nSPS) is 11.6. The van der Waals surface area contributed by atoms with E-state index in [0.29, 0.717) is 6.54 Å². The number of likely N-dealkylation sites (N-methyl/N-ethyl adjacent to an activating group) is 1. The minimum atomic E-state index is -0.0838. The van der Waals surface area contributed by atoms with Crippen molar-refractivity contribution in [2.45, 2.75) is 19.3 Å². The van der Waals surface area contributed by atoms with Crippen LogP contribution in [0.1, 0.15) is 24.8 Å². The molecule has 0 aromatic heterocycles. The maximum absolute atomic E-state index is 12.1. The van der Waals surface area contributed by atoms with Gasteiger partial charge in [0.25, 0.3) is 0 Å². The highest BCUT2D eigenvalue weighted by atomic mass is 16.2. The van der Waals surface area contributed by atoms with E-state index in [1.807, 2.05) is 37.3 Å². The van der Waals surface area contributed by atoms with Crippen LogP contribution < -0.4 is 0 Å². The molecule has 0 heterocycles. The van der Waals surface area contributed by atoms with Gasteiger partial charge in [-0.3, -0.25) is 4.79 Å². The summed E-state index contributed by atoms with van der Waals surface area (Å²) in [7, 11) is 1.74. The SMILES string of the molecule is C#CCN(C)C(=O)C(CC)c1ccccc1. The molecule has 0 bridgehead atoms. The van der Waals surface area contributed by atoms with Gasteiger partial charge in [-0.1, -0.05) is 43.2 Å². The van der Waals surface area contributed by atoms with E-state index < -0.39 is 0 Å². The highest BCUT2D eigenvalue weighted by Gasteiger charge is 2.21. The fraction of sp³-hybridized carbons (Fsp3) is 0.357. The Kier molecular flexibility index (Phi) is 4.60. The molecule has 1 atom stereocenters. The molecule has 0 aliphatic carbocycles. The van der Waals surface area contributed by atoms with Crippen molar-refractivity contribution in [2.75, 3.05) is 13.6 Å². The van der Waals surface area contributed by atoms with Crippen LogP contribution in [0.4, 0.5) is 0 Å². The number of nitrogens with zero attached hydrogens (tertiary/aromatic N) is 1. The van der Waals surface area contributed by atoms with E-state index in [2.05, 4.69) is 5.92 Å². The molecule has 0 saturated carbocycles. The topological polar surface area (TPSA) is 20.3 Å². The lowest BCUT2D eigenvalue weighted by Gasteiger charge is -2.21. The van der Waals surface area contributed by atoms with Gasteiger partial charge in [0, 0.05) is 7.05 Å². The van der Waals surface area contributed by atoms with E-state index >= 15 is 0 Å². The molecule has 1 aromatic carbocycles. The van der Waals surface area contributed by atoms with Crippen LogP contribution in [0.2, 0.25) is 0 Å². The van der Waals surface area contributed by atoms with Crippen molar-refractivity contribution in [2.24, 2.45) is 0 Å². The zero-order valence-electron chi connectivity index (χ0n) is 9.81. The molecular formula is C14H17NO. The van der Waals surface area contributed by atoms with E-state index in [1.165, 1.54) is 0 Å². The van der Waals surface area contributed by atoms with Gasteiger partial charge in [-0.2, -0.15) is 0 Å². The lowest BCUT2D eigenvalue weighted by atomic mass is 9.95. The second-order valence-corrected chi connectivity index (χ2v) is 3.77. The molecule has 0 radical (unpaired) electrons. The highest BCUT2D eigenvalue weighted by Crippen LogP contribution is 2.21. The lowest BCUT2D eigenvalue weighted by molar-refractivity contribution is -0.131. The van der Waals surface area contributed by atoms with Crippen LogP contribution in [0.3, 0.4) is 0 Å². The van der Waals surface area contributed by atoms with Crippen LogP contribution >= 0.6 is 0 Å². The molecule has 1 unspecified atom stereocenters. The number of carbonyl (C=O) groups excluding carboxylic acids is 1. The van der Waals surface area contributed by atoms with E-state index in [-0.39, 0.29) is 11.8 Å². The second-order valence-electron chi connectivity index (χ2n) is 3.77. The Hall–Kier alpha value is -1.75. The van der Waals surface area contributed by atoms with Crippen LogP contribution in [-0.4, -0.2) is 24.4 Å². The third-order valence-corrected chi connectivity index (χ3v) is 2.61. The summed E-state index contributed by atoms with van der Waals surface area (Å²) >= 11 is 0. The predicted molar refractivity (Wildman–Crippen MR) is 65.9 cm³/mol. The first-order valence-electron chi connectivity index (χ1n) is 5.44. The van der Waals surface area contributed by atoms with Crippen LogP contribution in [0.5, 0.6) is 0 Å². The summed E-state index contributed by atoms with van der Waals surface area (Å²) in [5.74, 6) is 2.49. The molecule has 1 rings (SSSR count). The summed E-state index contributed by atoms with van der Waals surface area (Å²) in [6.45, 7) is 2.38. The number of rotatable bonds is 4. The van der Waals surface area contributed by atoms with Crippen LogP contribution in [0, 0.1) is 12.3 Å². The van der Waals surface area contributed by atoms with Gasteiger partial charge in [0.2, 0.25) is 5.91 Å². The van der Waals surface area contributed by atoms with E-state index in [1.54, 1.807) is 11.9 Å². The Morgan fingerprint density at radius 3 is 2.56 bits per heavy atom. The zero-order chi connectivity index (χ0) is 12.0. The summed E-state index contributed by atoms with van der Waals surface area (Å²) in [5.41, 5.74) is 1.05. The first kappa shape index (κ1) is 12.3. The Balaban J connectivity index is 2.84. The van der Waals surface area contributed by atoms with Crippen molar-refractivity contribution < 1.29 is 4.79 Å². The highest BCUT2D eigenvalue weighted by molar-refractivity contribution is 5.83. The van der Waals surface area contributed by atoms with Crippen molar-refractivity contribution in [1.29, 1.82) is 0 Å². The van der Waals surface area contributed by atoms with Gasteiger partial charge in [0.05, 0.1) is 12.5 Å². The minimum absolute atomic E-state index is 0.0838. The molecule has 84 valence electrons. The average Bonchev–Trinajstić information content (AvgIpc) is 2.31. The second kappa shape index (κ2) is 5.97. The van der Waals surface area contributed by atoms with Crippen molar-refractivity contribution in [3.8, 4) is 12.3 Å². The number of hydrogen-bond acceptors (Lipinski definition) is 1. The van der Waals surface area contributed by atoms with Crippen molar-refractivity contribution in [1.82, 2.24) is 4.90 Å². The summed E-state index contributed by atoms with van der Waals surface area (Å²) in [4.78, 5) is 13.7. The molecule has 2 heteroatoms. The quantitative estimate of drug-likeness (QED) is 0.706. The third kappa shape index (κ3) is 2.87. The van der Waals surface area contributed by atoms with Gasteiger partial charge in [-0.15, -0.1) is 6.42 Å². The molecule has 0 spiro atoms. The first-order valence-corrected chi connectivity index (χ1v) is 5.44.